The molecular formula is C14H21ClN2O2S. The summed E-state index contributed by atoms with van der Waals surface area (Å²) in [5.74, 6) is 0.132. The standard InChI is InChI=1S/C14H20N2O2S.ClH/c17-14(8-10-9-18-6-5-15-10)16-12-2-1-3-13-11(12)4-7-19-13;/h4,7,10,12,15H,1-3,5-6,8-9H2,(H,16,17);1H. The molecule has 1 aliphatic carbocycles. The van der Waals surface area contributed by atoms with E-state index in [1.54, 1.807) is 0 Å². The van der Waals surface area contributed by atoms with E-state index in [9.17, 15) is 4.79 Å². The Hall–Kier alpha value is -0.620. The molecule has 0 spiro atoms. The van der Waals surface area contributed by atoms with Gasteiger partial charge in [-0.1, -0.05) is 0 Å². The first-order valence-corrected chi connectivity index (χ1v) is 7.87. The lowest BCUT2D eigenvalue weighted by molar-refractivity contribution is -0.123. The maximum absolute atomic E-state index is 12.1. The topological polar surface area (TPSA) is 50.4 Å². The first-order chi connectivity index (χ1) is 9.33. The molecule has 2 unspecified atom stereocenters. The van der Waals surface area contributed by atoms with Crippen LogP contribution < -0.4 is 10.6 Å². The summed E-state index contributed by atoms with van der Waals surface area (Å²) in [6.45, 7) is 2.23. The Bertz CT molecular complexity index is 446. The third-order valence-electron chi connectivity index (χ3n) is 3.82. The number of nitrogens with one attached hydrogen (secondary N) is 2. The number of rotatable bonds is 3. The first kappa shape index (κ1) is 15.8. The molecule has 0 radical (unpaired) electrons. The highest BCUT2D eigenvalue weighted by Crippen LogP contribution is 2.33. The number of ether oxygens (including phenoxy) is 1. The van der Waals surface area contributed by atoms with Gasteiger partial charge in [0.05, 0.1) is 19.3 Å². The average molecular weight is 317 g/mol. The second kappa shape index (κ2) is 7.41. The van der Waals surface area contributed by atoms with Gasteiger partial charge in [-0.25, -0.2) is 0 Å². The SMILES string of the molecule is Cl.O=C(CC1COCCN1)NC1CCCc2sccc21. The van der Waals surface area contributed by atoms with Crippen molar-refractivity contribution in [3.05, 3.63) is 21.9 Å². The normalized spacial score (nSPS) is 25.4. The lowest BCUT2D eigenvalue weighted by atomic mass is 9.94. The summed E-state index contributed by atoms with van der Waals surface area (Å²) >= 11 is 1.81. The van der Waals surface area contributed by atoms with Gasteiger partial charge in [0, 0.05) is 23.9 Å². The maximum atomic E-state index is 12.1. The van der Waals surface area contributed by atoms with E-state index in [0.29, 0.717) is 13.0 Å². The van der Waals surface area contributed by atoms with E-state index in [0.717, 1.165) is 26.0 Å². The van der Waals surface area contributed by atoms with Crippen molar-refractivity contribution in [1.29, 1.82) is 0 Å². The smallest absolute Gasteiger partial charge is 0.222 e. The van der Waals surface area contributed by atoms with E-state index in [1.807, 2.05) is 11.3 Å². The minimum atomic E-state index is 0. The van der Waals surface area contributed by atoms with Gasteiger partial charge in [-0.15, -0.1) is 23.7 Å². The largest absolute Gasteiger partial charge is 0.378 e. The minimum absolute atomic E-state index is 0. The van der Waals surface area contributed by atoms with Crippen LogP contribution in [-0.2, 0) is 16.0 Å². The molecule has 2 N–H and O–H groups in total. The van der Waals surface area contributed by atoms with Crippen molar-refractivity contribution in [2.75, 3.05) is 19.8 Å². The Balaban J connectivity index is 0.00000147. The number of carbonyl (C=O) groups excluding carboxylic acids is 1. The van der Waals surface area contributed by atoms with Crippen LogP contribution in [0.3, 0.4) is 0 Å². The van der Waals surface area contributed by atoms with Crippen LogP contribution in [0.5, 0.6) is 0 Å². The number of hydrogen-bond acceptors (Lipinski definition) is 4. The first-order valence-electron chi connectivity index (χ1n) is 6.99. The number of aryl methyl sites for hydroxylation is 1. The van der Waals surface area contributed by atoms with E-state index in [1.165, 1.54) is 16.9 Å². The second-order valence-corrected chi connectivity index (χ2v) is 6.24. The molecular weight excluding hydrogens is 296 g/mol. The number of halogens is 1. The third-order valence-corrected chi connectivity index (χ3v) is 4.81. The molecule has 112 valence electrons. The summed E-state index contributed by atoms with van der Waals surface area (Å²) in [6.07, 6.45) is 3.90. The van der Waals surface area contributed by atoms with Gasteiger partial charge in [-0.3, -0.25) is 4.79 Å². The van der Waals surface area contributed by atoms with Gasteiger partial charge in [0.25, 0.3) is 0 Å². The zero-order chi connectivity index (χ0) is 13.1. The fraction of sp³-hybridized carbons (Fsp3) is 0.643. The lowest BCUT2D eigenvalue weighted by Gasteiger charge is -2.26. The summed E-state index contributed by atoms with van der Waals surface area (Å²) < 4.78 is 5.38. The van der Waals surface area contributed by atoms with Gasteiger partial charge in [0.1, 0.15) is 0 Å². The summed E-state index contributed by atoms with van der Waals surface area (Å²) in [4.78, 5) is 13.5. The quantitative estimate of drug-likeness (QED) is 0.897. The molecule has 1 aromatic heterocycles. The molecule has 1 fully saturated rings. The van der Waals surface area contributed by atoms with Crippen LogP contribution in [0.1, 0.15) is 35.7 Å². The molecule has 3 rings (SSSR count). The summed E-state index contributed by atoms with van der Waals surface area (Å²) in [5.41, 5.74) is 1.33. The van der Waals surface area contributed by atoms with Crippen LogP contribution in [0, 0.1) is 0 Å². The van der Waals surface area contributed by atoms with Crippen LogP contribution in [0.4, 0.5) is 0 Å². The monoisotopic (exact) mass is 316 g/mol. The summed E-state index contributed by atoms with van der Waals surface area (Å²) in [5, 5.41) is 8.63. The number of thiophene rings is 1. The highest BCUT2D eigenvalue weighted by molar-refractivity contribution is 7.10. The van der Waals surface area contributed by atoms with E-state index >= 15 is 0 Å². The molecule has 4 nitrogen and oxygen atoms in total. The number of amides is 1. The Morgan fingerprint density at radius 2 is 2.45 bits per heavy atom. The van der Waals surface area contributed by atoms with Gasteiger partial charge in [0.15, 0.2) is 0 Å². The van der Waals surface area contributed by atoms with Crippen molar-refractivity contribution in [3.63, 3.8) is 0 Å². The van der Waals surface area contributed by atoms with E-state index in [-0.39, 0.29) is 30.4 Å². The van der Waals surface area contributed by atoms with Crippen molar-refractivity contribution in [3.8, 4) is 0 Å². The number of morpholine rings is 1. The third kappa shape index (κ3) is 3.73. The van der Waals surface area contributed by atoms with Crippen molar-refractivity contribution in [1.82, 2.24) is 10.6 Å². The molecule has 1 saturated heterocycles. The van der Waals surface area contributed by atoms with E-state index in [4.69, 9.17) is 4.74 Å². The number of carbonyl (C=O) groups is 1. The Labute approximate surface area is 129 Å². The molecule has 2 atom stereocenters. The van der Waals surface area contributed by atoms with Crippen LogP contribution in [0.2, 0.25) is 0 Å². The predicted molar refractivity (Wildman–Crippen MR) is 82.6 cm³/mol. The van der Waals surface area contributed by atoms with Crippen LogP contribution in [0.15, 0.2) is 11.4 Å². The van der Waals surface area contributed by atoms with Gasteiger partial charge in [-0.05, 0) is 36.3 Å². The van der Waals surface area contributed by atoms with Crippen molar-refractivity contribution < 1.29 is 9.53 Å². The predicted octanol–water partition coefficient (Wildman–Crippen LogP) is 2.04. The van der Waals surface area contributed by atoms with Crippen molar-refractivity contribution in [2.24, 2.45) is 0 Å². The molecule has 1 amide bonds. The van der Waals surface area contributed by atoms with Crippen molar-refractivity contribution >= 4 is 29.7 Å². The van der Waals surface area contributed by atoms with Crippen LogP contribution in [0.25, 0.3) is 0 Å². The van der Waals surface area contributed by atoms with Crippen LogP contribution in [-0.4, -0.2) is 31.7 Å². The van der Waals surface area contributed by atoms with Crippen molar-refractivity contribution in [2.45, 2.75) is 37.8 Å². The Kier molecular flexibility index (Phi) is 5.84. The molecule has 1 aliphatic heterocycles. The Morgan fingerprint density at radius 3 is 3.25 bits per heavy atom. The number of hydrogen-bond donors (Lipinski definition) is 2. The minimum Gasteiger partial charge on any atom is -0.378 e. The second-order valence-electron chi connectivity index (χ2n) is 5.24. The van der Waals surface area contributed by atoms with E-state index in [2.05, 4.69) is 22.1 Å². The van der Waals surface area contributed by atoms with Crippen LogP contribution >= 0.6 is 23.7 Å². The average Bonchev–Trinajstić information content (AvgIpc) is 2.89. The molecule has 2 aliphatic rings. The Morgan fingerprint density at radius 1 is 1.55 bits per heavy atom. The fourth-order valence-corrected chi connectivity index (χ4v) is 3.85. The fourth-order valence-electron chi connectivity index (χ4n) is 2.86. The summed E-state index contributed by atoms with van der Waals surface area (Å²) in [6, 6.07) is 2.54. The molecule has 1 aromatic rings. The zero-order valence-corrected chi connectivity index (χ0v) is 13.0. The van der Waals surface area contributed by atoms with Gasteiger partial charge < -0.3 is 15.4 Å². The lowest BCUT2D eigenvalue weighted by Crippen LogP contribution is -2.44. The molecule has 2 heterocycles. The highest BCUT2D eigenvalue weighted by atomic mass is 35.5. The molecule has 0 bridgehead atoms. The summed E-state index contributed by atoms with van der Waals surface area (Å²) in [7, 11) is 0. The molecule has 0 aromatic carbocycles. The number of fused-ring (bicyclic) bond motifs is 1. The van der Waals surface area contributed by atoms with Gasteiger partial charge >= 0.3 is 0 Å². The maximum Gasteiger partial charge on any atom is 0.222 e. The molecule has 6 heteroatoms. The zero-order valence-electron chi connectivity index (χ0n) is 11.4. The molecule has 20 heavy (non-hydrogen) atoms. The van der Waals surface area contributed by atoms with Gasteiger partial charge in [-0.2, -0.15) is 0 Å². The van der Waals surface area contributed by atoms with E-state index < -0.39 is 0 Å². The molecule has 0 saturated carbocycles. The highest BCUT2D eigenvalue weighted by Gasteiger charge is 2.24. The van der Waals surface area contributed by atoms with Gasteiger partial charge in [0.2, 0.25) is 5.91 Å².